The average molecular weight is 269 g/mol. The fourth-order valence-corrected chi connectivity index (χ4v) is 2.65. The van der Waals surface area contributed by atoms with Crippen LogP contribution in [0.3, 0.4) is 0 Å². The molecule has 0 bridgehead atoms. The van der Waals surface area contributed by atoms with Crippen LogP contribution in [0.15, 0.2) is 12.1 Å². The van der Waals surface area contributed by atoms with E-state index in [9.17, 15) is 9.59 Å². The Labute approximate surface area is 111 Å². The quantitative estimate of drug-likeness (QED) is 0.880. The molecular formula is C13H19NO3S. The van der Waals surface area contributed by atoms with E-state index in [1.54, 1.807) is 11.3 Å². The summed E-state index contributed by atoms with van der Waals surface area (Å²) in [4.78, 5) is 24.2. The standard InChI is InChI=1S/C13H19NO3S/c1-8(15)14-10(12(16)17)7-9-5-6-11(18-9)13(2,3)4/h5-6,10H,7H2,1-4H3,(H,14,15)(H,16,17). The van der Waals surface area contributed by atoms with Crippen LogP contribution in [0.1, 0.15) is 37.4 Å². The molecule has 5 heteroatoms. The van der Waals surface area contributed by atoms with Gasteiger partial charge in [-0.05, 0) is 17.5 Å². The van der Waals surface area contributed by atoms with Crippen LogP contribution in [0.25, 0.3) is 0 Å². The summed E-state index contributed by atoms with van der Waals surface area (Å²) in [5.74, 6) is -1.33. The Hall–Kier alpha value is -1.36. The summed E-state index contributed by atoms with van der Waals surface area (Å²) in [5.41, 5.74) is 0.0651. The molecule has 0 fully saturated rings. The SMILES string of the molecule is CC(=O)NC(Cc1ccc(C(C)(C)C)s1)C(=O)O. The van der Waals surface area contributed by atoms with Crippen molar-refractivity contribution in [2.75, 3.05) is 0 Å². The van der Waals surface area contributed by atoms with Gasteiger partial charge in [0.1, 0.15) is 6.04 Å². The van der Waals surface area contributed by atoms with Crippen LogP contribution in [-0.2, 0) is 21.4 Å². The Morgan fingerprint density at radius 2 is 2.00 bits per heavy atom. The van der Waals surface area contributed by atoms with E-state index < -0.39 is 12.0 Å². The van der Waals surface area contributed by atoms with Gasteiger partial charge in [0.2, 0.25) is 5.91 Å². The second-order valence-electron chi connectivity index (χ2n) is 5.31. The van der Waals surface area contributed by atoms with Gasteiger partial charge in [-0.1, -0.05) is 20.8 Å². The summed E-state index contributed by atoms with van der Waals surface area (Å²) in [6, 6.07) is 3.10. The van der Waals surface area contributed by atoms with Gasteiger partial charge >= 0.3 is 5.97 Å². The predicted molar refractivity (Wildman–Crippen MR) is 72.0 cm³/mol. The lowest BCUT2D eigenvalue weighted by Crippen LogP contribution is -2.40. The number of carboxylic acid groups (broad SMARTS) is 1. The molecule has 0 saturated carbocycles. The summed E-state index contributed by atoms with van der Waals surface area (Å²) in [5, 5.41) is 11.5. The number of nitrogens with one attached hydrogen (secondary N) is 1. The van der Waals surface area contributed by atoms with Crippen molar-refractivity contribution in [2.24, 2.45) is 0 Å². The highest BCUT2D eigenvalue weighted by Crippen LogP contribution is 2.29. The van der Waals surface area contributed by atoms with Crippen molar-refractivity contribution in [3.63, 3.8) is 0 Å². The predicted octanol–water partition coefficient (Wildman–Crippen LogP) is 2.18. The van der Waals surface area contributed by atoms with Gasteiger partial charge in [0, 0.05) is 23.1 Å². The number of carbonyl (C=O) groups is 2. The molecular weight excluding hydrogens is 250 g/mol. The first-order chi connectivity index (χ1) is 8.20. The summed E-state index contributed by atoms with van der Waals surface area (Å²) in [7, 11) is 0. The number of carboxylic acids is 1. The highest BCUT2D eigenvalue weighted by Gasteiger charge is 2.21. The Balaban J connectivity index is 2.79. The lowest BCUT2D eigenvalue weighted by atomic mass is 9.95. The third-order valence-corrected chi connectivity index (χ3v) is 4.02. The van der Waals surface area contributed by atoms with E-state index in [-0.39, 0.29) is 11.3 Å². The molecule has 2 N–H and O–H groups in total. The molecule has 0 spiro atoms. The van der Waals surface area contributed by atoms with Crippen LogP contribution in [0.5, 0.6) is 0 Å². The van der Waals surface area contributed by atoms with Crippen molar-refractivity contribution < 1.29 is 14.7 Å². The van der Waals surface area contributed by atoms with Crippen LogP contribution in [0.2, 0.25) is 0 Å². The van der Waals surface area contributed by atoms with Crippen LogP contribution >= 0.6 is 11.3 Å². The highest BCUT2D eigenvalue weighted by molar-refractivity contribution is 7.12. The minimum absolute atomic E-state index is 0.0651. The van der Waals surface area contributed by atoms with Crippen LogP contribution in [0, 0.1) is 0 Å². The van der Waals surface area contributed by atoms with Gasteiger partial charge in [0.05, 0.1) is 0 Å². The van der Waals surface area contributed by atoms with Gasteiger partial charge in [-0.15, -0.1) is 11.3 Å². The van der Waals surface area contributed by atoms with Gasteiger partial charge in [-0.2, -0.15) is 0 Å². The number of rotatable bonds is 4. The fourth-order valence-electron chi connectivity index (χ4n) is 1.54. The molecule has 18 heavy (non-hydrogen) atoms. The smallest absolute Gasteiger partial charge is 0.326 e. The Morgan fingerprint density at radius 3 is 2.39 bits per heavy atom. The molecule has 4 nitrogen and oxygen atoms in total. The van der Waals surface area contributed by atoms with Crippen molar-refractivity contribution in [3.05, 3.63) is 21.9 Å². The maximum absolute atomic E-state index is 11.0. The fraction of sp³-hybridized carbons (Fsp3) is 0.538. The first kappa shape index (κ1) is 14.7. The van der Waals surface area contributed by atoms with Gasteiger partial charge < -0.3 is 10.4 Å². The van der Waals surface area contributed by atoms with Crippen molar-refractivity contribution in [3.8, 4) is 0 Å². The lowest BCUT2D eigenvalue weighted by molar-refractivity contribution is -0.141. The molecule has 100 valence electrons. The van der Waals surface area contributed by atoms with Crippen molar-refractivity contribution in [1.82, 2.24) is 5.32 Å². The number of thiophene rings is 1. The monoisotopic (exact) mass is 269 g/mol. The first-order valence-electron chi connectivity index (χ1n) is 5.79. The molecule has 1 amide bonds. The minimum atomic E-state index is -1.00. The maximum atomic E-state index is 11.0. The normalized spacial score (nSPS) is 13.1. The zero-order chi connectivity index (χ0) is 13.9. The van der Waals surface area contributed by atoms with Crippen LogP contribution < -0.4 is 5.32 Å². The number of carbonyl (C=O) groups excluding carboxylic acids is 1. The third kappa shape index (κ3) is 4.14. The lowest BCUT2D eigenvalue weighted by Gasteiger charge is -2.15. The average Bonchev–Trinajstić information content (AvgIpc) is 2.63. The van der Waals surface area contributed by atoms with E-state index in [1.165, 1.54) is 11.8 Å². The molecule has 0 radical (unpaired) electrons. The zero-order valence-corrected chi connectivity index (χ0v) is 11.9. The largest absolute Gasteiger partial charge is 0.480 e. The molecule has 1 aromatic rings. The second kappa shape index (κ2) is 5.52. The van der Waals surface area contributed by atoms with Gasteiger partial charge in [-0.25, -0.2) is 4.79 Å². The second-order valence-corrected chi connectivity index (χ2v) is 6.48. The summed E-state index contributed by atoms with van der Waals surface area (Å²) in [6.07, 6.45) is 0.329. The van der Waals surface area contributed by atoms with Crippen molar-refractivity contribution >= 4 is 23.2 Å². The van der Waals surface area contributed by atoms with E-state index in [2.05, 4.69) is 26.1 Å². The van der Waals surface area contributed by atoms with Gasteiger partial charge in [0.15, 0.2) is 0 Å². The summed E-state index contributed by atoms with van der Waals surface area (Å²) >= 11 is 1.60. The van der Waals surface area contributed by atoms with Gasteiger partial charge in [0.25, 0.3) is 0 Å². The molecule has 1 heterocycles. The molecule has 0 saturated heterocycles. The Bertz CT molecular complexity index is 445. The third-order valence-electron chi connectivity index (χ3n) is 2.48. The Kier molecular flexibility index (Phi) is 4.51. The van der Waals surface area contributed by atoms with Crippen LogP contribution in [0.4, 0.5) is 0 Å². The molecule has 1 rings (SSSR count). The maximum Gasteiger partial charge on any atom is 0.326 e. The van der Waals surface area contributed by atoms with E-state index in [0.29, 0.717) is 6.42 Å². The van der Waals surface area contributed by atoms with E-state index in [4.69, 9.17) is 5.11 Å². The van der Waals surface area contributed by atoms with Crippen molar-refractivity contribution in [1.29, 1.82) is 0 Å². The molecule has 0 aliphatic carbocycles. The minimum Gasteiger partial charge on any atom is -0.480 e. The molecule has 0 aromatic carbocycles. The molecule has 1 aromatic heterocycles. The number of amides is 1. The first-order valence-corrected chi connectivity index (χ1v) is 6.61. The molecule has 0 aliphatic rings. The highest BCUT2D eigenvalue weighted by atomic mass is 32.1. The number of aliphatic carboxylic acids is 1. The van der Waals surface area contributed by atoms with Crippen molar-refractivity contribution in [2.45, 2.75) is 45.6 Å². The summed E-state index contributed by atoms with van der Waals surface area (Å²) in [6.45, 7) is 7.67. The van der Waals surface area contributed by atoms with E-state index >= 15 is 0 Å². The van der Waals surface area contributed by atoms with Gasteiger partial charge in [-0.3, -0.25) is 4.79 Å². The molecule has 1 atom stereocenters. The Morgan fingerprint density at radius 1 is 1.39 bits per heavy atom. The zero-order valence-electron chi connectivity index (χ0n) is 11.1. The van der Waals surface area contributed by atoms with Crippen LogP contribution in [-0.4, -0.2) is 23.0 Å². The summed E-state index contributed by atoms with van der Waals surface area (Å²) < 4.78 is 0. The molecule has 0 aliphatic heterocycles. The molecule has 1 unspecified atom stereocenters. The number of hydrogen-bond acceptors (Lipinski definition) is 3. The topological polar surface area (TPSA) is 66.4 Å². The van der Waals surface area contributed by atoms with E-state index in [0.717, 1.165) is 4.88 Å². The van der Waals surface area contributed by atoms with E-state index in [1.807, 2.05) is 12.1 Å². The number of hydrogen-bond donors (Lipinski definition) is 2.